The lowest BCUT2D eigenvalue weighted by Crippen LogP contribution is -2.02. The van der Waals surface area contributed by atoms with Crippen LogP contribution in [0.25, 0.3) is 11.0 Å². The zero-order chi connectivity index (χ0) is 16.4. The highest BCUT2D eigenvalue weighted by Gasteiger charge is 2.22. The molecule has 0 amide bonds. The van der Waals surface area contributed by atoms with E-state index in [0.717, 1.165) is 47.1 Å². The number of aryl methyl sites for hydroxylation is 3. The largest absolute Gasteiger partial charge is 0.461 e. The Kier molecular flexibility index (Phi) is 4.53. The molecule has 0 saturated carbocycles. The summed E-state index contributed by atoms with van der Waals surface area (Å²) in [6.45, 7) is 6.29. The topological polar surface area (TPSA) is 33.4 Å². The van der Waals surface area contributed by atoms with Crippen molar-refractivity contribution in [2.45, 2.75) is 46.1 Å². The molecule has 1 atom stereocenters. The van der Waals surface area contributed by atoms with Gasteiger partial charge in [0.15, 0.2) is 0 Å². The van der Waals surface area contributed by atoms with E-state index in [2.05, 4.69) is 32.9 Å². The van der Waals surface area contributed by atoms with Gasteiger partial charge in [0, 0.05) is 17.4 Å². The number of aliphatic hydroxyl groups excluding tert-OH is 1. The van der Waals surface area contributed by atoms with Crippen molar-refractivity contribution in [2.24, 2.45) is 0 Å². The summed E-state index contributed by atoms with van der Waals surface area (Å²) in [6, 6.07) is 14.2. The van der Waals surface area contributed by atoms with Crippen LogP contribution < -0.4 is 0 Å². The molecule has 1 aromatic heterocycles. The van der Waals surface area contributed by atoms with Crippen LogP contribution in [-0.4, -0.2) is 5.11 Å². The molecule has 0 spiro atoms. The molecule has 3 rings (SSSR count). The van der Waals surface area contributed by atoms with Crippen LogP contribution in [0.4, 0.5) is 0 Å². The average molecular weight is 308 g/mol. The number of rotatable bonds is 5. The Morgan fingerprint density at radius 2 is 1.70 bits per heavy atom. The molecule has 1 heterocycles. The van der Waals surface area contributed by atoms with Crippen molar-refractivity contribution in [2.75, 3.05) is 0 Å². The average Bonchev–Trinajstić information content (AvgIpc) is 2.90. The molecule has 3 aromatic rings. The van der Waals surface area contributed by atoms with Crippen LogP contribution in [0.15, 0.2) is 46.9 Å². The van der Waals surface area contributed by atoms with Gasteiger partial charge in [0.25, 0.3) is 0 Å². The zero-order valence-corrected chi connectivity index (χ0v) is 14.1. The van der Waals surface area contributed by atoms with E-state index < -0.39 is 6.10 Å². The molecule has 2 aromatic carbocycles. The lowest BCUT2D eigenvalue weighted by molar-refractivity contribution is 0.218. The minimum absolute atomic E-state index is 0.648. The first-order valence-electron chi connectivity index (χ1n) is 8.36. The minimum Gasteiger partial charge on any atom is -0.461 e. The second-order valence-electron chi connectivity index (χ2n) is 6.36. The molecule has 23 heavy (non-hydrogen) atoms. The zero-order valence-electron chi connectivity index (χ0n) is 14.1. The number of unbranched alkanes of at least 4 members (excludes halogenated alkanes) is 1. The van der Waals surface area contributed by atoms with E-state index in [4.69, 9.17) is 4.42 Å². The van der Waals surface area contributed by atoms with E-state index in [1.54, 1.807) is 0 Å². The molecule has 120 valence electrons. The fourth-order valence-corrected chi connectivity index (χ4v) is 3.02. The van der Waals surface area contributed by atoms with Crippen LogP contribution >= 0.6 is 0 Å². The van der Waals surface area contributed by atoms with Crippen LogP contribution in [0.5, 0.6) is 0 Å². The molecule has 0 fully saturated rings. The monoisotopic (exact) mass is 308 g/mol. The van der Waals surface area contributed by atoms with Crippen molar-refractivity contribution in [1.29, 1.82) is 0 Å². The summed E-state index contributed by atoms with van der Waals surface area (Å²) in [7, 11) is 0. The Hall–Kier alpha value is -2.06. The molecule has 2 nitrogen and oxygen atoms in total. The molecule has 1 unspecified atom stereocenters. The van der Waals surface area contributed by atoms with Crippen molar-refractivity contribution in [3.8, 4) is 0 Å². The summed E-state index contributed by atoms with van der Waals surface area (Å²) in [5.74, 6) is 0.917. The highest BCUT2D eigenvalue weighted by molar-refractivity contribution is 5.84. The minimum atomic E-state index is -0.648. The van der Waals surface area contributed by atoms with Crippen molar-refractivity contribution in [3.05, 3.63) is 70.5 Å². The normalized spacial score (nSPS) is 12.7. The van der Waals surface area contributed by atoms with Crippen LogP contribution in [0.2, 0.25) is 0 Å². The maximum atomic E-state index is 11.0. The predicted molar refractivity (Wildman–Crippen MR) is 94.8 cm³/mol. The van der Waals surface area contributed by atoms with Crippen LogP contribution in [0.1, 0.15) is 53.9 Å². The Morgan fingerprint density at radius 1 is 1.00 bits per heavy atom. The first kappa shape index (κ1) is 15.8. The second kappa shape index (κ2) is 6.59. The van der Waals surface area contributed by atoms with Gasteiger partial charge in [0.05, 0.1) is 0 Å². The van der Waals surface area contributed by atoms with Gasteiger partial charge in [-0.15, -0.1) is 0 Å². The standard InChI is InChI=1S/C21H24O2/c1-4-5-6-19-20(17-13-15(3)9-12-18(17)23-19)21(22)16-10-7-14(2)8-11-16/h7-13,21-22H,4-6H2,1-3H3. The summed E-state index contributed by atoms with van der Waals surface area (Å²) in [6.07, 6.45) is 2.39. The van der Waals surface area contributed by atoms with Gasteiger partial charge in [-0.1, -0.05) is 54.8 Å². The number of aliphatic hydroxyl groups is 1. The molecular weight excluding hydrogens is 284 g/mol. The molecule has 0 aliphatic carbocycles. The third-order valence-electron chi connectivity index (χ3n) is 4.38. The summed E-state index contributed by atoms with van der Waals surface area (Å²) < 4.78 is 6.06. The van der Waals surface area contributed by atoms with Crippen molar-refractivity contribution in [1.82, 2.24) is 0 Å². The van der Waals surface area contributed by atoms with Crippen molar-refractivity contribution in [3.63, 3.8) is 0 Å². The molecule has 0 saturated heterocycles. The second-order valence-corrected chi connectivity index (χ2v) is 6.36. The van der Waals surface area contributed by atoms with Crippen LogP contribution in [0.3, 0.4) is 0 Å². The lowest BCUT2D eigenvalue weighted by atomic mass is 9.96. The molecule has 0 bridgehead atoms. The van der Waals surface area contributed by atoms with Crippen LogP contribution in [-0.2, 0) is 6.42 Å². The Labute approximate surface area is 137 Å². The highest BCUT2D eigenvalue weighted by Crippen LogP contribution is 2.35. The van der Waals surface area contributed by atoms with Gasteiger partial charge in [-0.05, 0) is 38.0 Å². The number of benzene rings is 2. The number of hydrogen-bond acceptors (Lipinski definition) is 2. The van der Waals surface area contributed by atoms with E-state index in [1.165, 1.54) is 11.1 Å². The van der Waals surface area contributed by atoms with Gasteiger partial charge in [0.1, 0.15) is 17.4 Å². The SMILES string of the molecule is CCCCc1oc2ccc(C)cc2c1C(O)c1ccc(C)cc1. The third kappa shape index (κ3) is 3.18. The molecule has 0 radical (unpaired) electrons. The smallest absolute Gasteiger partial charge is 0.134 e. The van der Waals surface area contributed by atoms with E-state index >= 15 is 0 Å². The number of hydrogen-bond donors (Lipinski definition) is 1. The predicted octanol–water partition coefficient (Wildman–Crippen LogP) is 5.47. The van der Waals surface area contributed by atoms with E-state index in [-0.39, 0.29) is 0 Å². The quantitative estimate of drug-likeness (QED) is 0.677. The summed E-state index contributed by atoms with van der Waals surface area (Å²) >= 11 is 0. The van der Waals surface area contributed by atoms with E-state index in [9.17, 15) is 5.11 Å². The molecule has 0 aliphatic rings. The van der Waals surface area contributed by atoms with E-state index in [1.807, 2.05) is 30.3 Å². The van der Waals surface area contributed by atoms with Crippen LogP contribution in [0, 0.1) is 13.8 Å². The maximum absolute atomic E-state index is 11.0. The van der Waals surface area contributed by atoms with Gasteiger partial charge in [-0.2, -0.15) is 0 Å². The maximum Gasteiger partial charge on any atom is 0.134 e. The summed E-state index contributed by atoms with van der Waals surface area (Å²) in [4.78, 5) is 0. The van der Waals surface area contributed by atoms with E-state index in [0.29, 0.717) is 0 Å². The summed E-state index contributed by atoms with van der Waals surface area (Å²) in [5, 5.41) is 12.0. The van der Waals surface area contributed by atoms with Gasteiger partial charge in [0.2, 0.25) is 0 Å². The highest BCUT2D eigenvalue weighted by atomic mass is 16.3. The van der Waals surface area contributed by atoms with Gasteiger partial charge in [-0.3, -0.25) is 0 Å². The summed E-state index contributed by atoms with van der Waals surface area (Å²) in [5.41, 5.74) is 5.08. The third-order valence-corrected chi connectivity index (χ3v) is 4.38. The Morgan fingerprint density at radius 3 is 2.39 bits per heavy atom. The lowest BCUT2D eigenvalue weighted by Gasteiger charge is -2.12. The fraction of sp³-hybridized carbons (Fsp3) is 0.333. The molecule has 1 N–H and O–H groups in total. The van der Waals surface area contributed by atoms with Gasteiger partial charge >= 0.3 is 0 Å². The molecule has 2 heteroatoms. The van der Waals surface area contributed by atoms with Gasteiger partial charge in [-0.25, -0.2) is 0 Å². The first-order chi connectivity index (χ1) is 11.1. The number of fused-ring (bicyclic) bond motifs is 1. The Bertz CT molecular complexity index is 797. The molecular formula is C21H24O2. The molecule has 0 aliphatic heterocycles. The fourth-order valence-electron chi connectivity index (χ4n) is 3.02. The number of furan rings is 1. The van der Waals surface area contributed by atoms with Gasteiger partial charge < -0.3 is 9.52 Å². The van der Waals surface area contributed by atoms with Crippen molar-refractivity contribution >= 4 is 11.0 Å². The van der Waals surface area contributed by atoms with Crippen molar-refractivity contribution < 1.29 is 9.52 Å². The Balaban J connectivity index is 2.12. The first-order valence-corrected chi connectivity index (χ1v) is 8.36.